The van der Waals surface area contributed by atoms with Crippen molar-refractivity contribution in [2.24, 2.45) is 11.8 Å². The minimum absolute atomic E-state index is 0.0239. The predicted molar refractivity (Wildman–Crippen MR) is 110 cm³/mol. The average molecular weight is 426 g/mol. The summed E-state index contributed by atoms with van der Waals surface area (Å²) in [7, 11) is -3.64. The Hall–Kier alpha value is -1.51. The van der Waals surface area contributed by atoms with Crippen LogP contribution < -0.4 is 5.32 Å². The number of hydrogen-bond donors (Lipinski definition) is 1. The molecule has 6 nitrogen and oxygen atoms in total. The Labute approximate surface area is 173 Å². The molecule has 0 radical (unpaired) electrons. The second-order valence-electron chi connectivity index (χ2n) is 8.32. The van der Waals surface area contributed by atoms with Gasteiger partial charge in [0.05, 0.1) is 4.90 Å². The number of sulfonamides is 1. The smallest absolute Gasteiger partial charge is 0.243 e. The van der Waals surface area contributed by atoms with E-state index in [1.807, 2.05) is 0 Å². The molecule has 0 bridgehead atoms. The highest BCUT2D eigenvalue weighted by Gasteiger charge is 2.32. The van der Waals surface area contributed by atoms with Crippen molar-refractivity contribution in [1.82, 2.24) is 14.5 Å². The van der Waals surface area contributed by atoms with E-state index in [4.69, 9.17) is 0 Å². The first kappa shape index (κ1) is 22.2. The summed E-state index contributed by atoms with van der Waals surface area (Å²) in [4.78, 5) is 15.0. The van der Waals surface area contributed by atoms with E-state index in [2.05, 4.69) is 17.1 Å². The fraction of sp³-hybridized carbons (Fsp3) is 0.667. The quantitative estimate of drug-likeness (QED) is 0.682. The number of amides is 1. The number of halogens is 1. The maximum Gasteiger partial charge on any atom is 0.243 e. The molecule has 0 spiro atoms. The highest BCUT2D eigenvalue weighted by Crippen LogP contribution is 2.24. The third-order valence-electron chi connectivity index (χ3n) is 5.97. The molecular formula is C21H32FN3O3S. The summed E-state index contributed by atoms with van der Waals surface area (Å²) < 4.78 is 39.8. The number of piperidine rings is 2. The van der Waals surface area contributed by atoms with Gasteiger partial charge in [-0.1, -0.05) is 6.92 Å². The van der Waals surface area contributed by atoms with Gasteiger partial charge in [-0.2, -0.15) is 4.31 Å². The Bertz CT molecular complexity index is 777. The van der Waals surface area contributed by atoms with Crippen molar-refractivity contribution in [2.75, 3.05) is 39.3 Å². The third kappa shape index (κ3) is 5.99. The molecule has 1 aromatic carbocycles. The average Bonchev–Trinajstić information content (AvgIpc) is 2.71. The van der Waals surface area contributed by atoms with Crippen molar-refractivity contribution in [2.45, 2.75) is 43.9 Å². The molecule has 2 saturated heterocycles. The van der Waals surface area contributed by atoms with Gasteiger partial charge in [0.2, 0.25) is 15.9 Å². The minimum Gasteiger partial charge on any atom is -0.356 e. The summed E-state index contributed by atoms with van der Waals surface area (Å²) in [6.07, 6.45) is 4.53. The van der Waals surface area contributed by atoms with Crippen LogP contribution in [0.1, 0.15) is 39.0 Å². The zero-order chi connectivity index (χ0) is 20.9. The molecule has 0 unspecified atom stereocenters. The van der Waals surface area contributed by atoms with Gasteiger partial charge >= 0.3 is 0 Å². The number of hydrogen-bond acceptors (Lipinski definition) is 4. The molecule has 2 aliphatic heterocycles. The first-order valence-corrected chi connectivity index (χ1v) is 12.1. The Kier molecular flexibility index (Phi) is 7.65. The van der Waals surface area contributed by atoms with E-state index in [0.717, 1.165) is 44.1 Å². The molecular weight excluding hydrogens is 393 g/mol. The van der Waals surface area contributed by atoms with Gasteiger partial charge in [-0.25, -0.2) is 12.8 Å². The lowest BCUT2D eigenvalue weighted by atomic mass is 9.97. The molecule has 1 atom stereocenters. The molecule has 2 fully saturated rings. The van der Waals surface area contributed by atoms with Gasteiger partial charge < -0.3 is 10.2 Å². The Morgan fingerprint density at radius 1 is 1.14 bits per heavy atom. The molecule has 8 heteroatoms. The SMILES string of the molecule is C[C@@H]1CCCN(CCCNC(=O)C2CCN(S(=O)(=O)c3ccc(F)cc3)CC2)C1. The fourth-order valence-electron chi connectivity index (χ4n) is 4.26. The third-order valence-corrected chi connectivity index (χ3v) is 7.88. The maximum atomic E-state index is 13.1. The Balaban J connectivity index is 1.39. The highest BCUT2D eigenvalue weighted by atomic mass is 32.2. The Morgan fingerprint density at radius 3 is 2.48 bits per heavy atom. The molecule has 162 valence electrons. The summed E-state index contributed by atoms with van der Waals surface area (Å²) >= 11 is 0. The van der Waals surface area contributed by atoms with Crippen LogP contribution in [0, 0.1) is 17.7 Å². The molecule has 2 aliphatic rings. The van der Waals surface area contributed by atoms with E-state index < -0.39 is 15.8 Å². The number of carbonyl (C=O) groups excluding carboxylic acids is 1. The molecule has 1 amide bonds. The summed E-state index contributed by atoms with van der Waals surface area (Å²) in [5.41, 5.74) is 0. The molecule has 0 aromatic heterocycles. The zero-order valence-electron chi connectivity index (χ0n) is 17.1. The van der Waals surface area contributed by atoms with Crippen LogP contribution in [0.2, 0.25) is 0 Å². The van der Waals surface area contributed by atoms with Crippen LogP contribution in [-0.2, 0) is 14.8 Å². The molecule has 0 saturated carbocycles. The molecule has 2 heterocycles. The predicted octanol–water partition coefficient (Wildman–Crippen LogP) is 2.46. The van der Waals surface area contributed by atoms with Crippen LogP contribution in [0.5, 0.6) is 0 Å². The number of nitrogens with one attached hydrogen (secondary N) is 1. The summed E-state index contributed by atoms with van der Waals surface area (Å²) in [5, 5.41) is 3.02. The van der Waals surface area contributed by atoms with Crippen LogP contribution in [0.3, 0.4) is 0 Å². The van der Waals surface area contributed by atoms with E-state index >= 15 is 0 Å². The zero-order valence-corrected chi connectivity index (χ0v) is 18.0. The number of carbonyl (C=O) groups is 1. The van der Waals surface area contributed by atoms with Crippen molar-refractivity contribution in [1.29, 1.82) is 0 Å². The maximum absolute atomic E-state index is 13.1. The van der Waals surface area contributed by atoms with Crippen LogP contribution in [0.15, 0.2) is 29.2 Å². The largest absolute Gasteiger partial charge is 0.356 e. The second kappa shape index (κ2) is 10.00. The van der Waals surface area contributed by atoms with Crippen molar-refractivity contribution in [3.05, 3.63) is 30.1 Å². The van der Waals surface area contributed by atoms with Gasteiger partial charge in [0.25, 0.3) is 0 Å². The minimum atomic E-state index is -3.64. The number of benzene rings is 1. The van der Waals surface area contributed by atoms with E-state index in [-0.39, 0.29) is 16.7 Å². The lowest BCUT2D eigenvalue weighted by molar-refractivity contribution is -0.126. The lowest BCUT2D eigenvalue weighted by Crippen LogP contribution is -2.43. The van der Waals surface area contributed by atoms with Gasteiger partial charge in [-0.3, -0.25) is 4.79 Å². The van der Waals surface area contributed by atoms with Crippen LogP contribution >= 0.6 is 0 Å². The monoisotopic (exact) mass is 425 g/mol. The van der Waals surface area contributed by atoms with Crippen molar-refractivity contribution >= 4 is 15.9 Å². The van der Waals surface area contributed by atoms with Crippen LogP contribution in [0.25, 0.3) is 0 Å². The van der Waals surface area contributed by atoms with E-state index in [1.165, 1.54) is 29.3 Å². The van der Waals surface area contributed by atoms with Gasteiger partial charge in [0.15, 0.2) is 0 Å². The van der Waals surface area contributed by atoms with Crippen molar-refractivity contribution in [3.8, 4) is 0 Å². The highest BCUT2D eigenvalue weighted by molar-refractivity contribution is 7.89. The topological polar surface area (TPSA) is 69.7 Å². The standard InChI is InChI=1S/C21H32FN3O3S/c1-17-4-2-12-24(16-17)13-3-11-23-21(26)18-9-14-25(15-10-18)29(27,28)20-7-5-19(22)6-8-20/h5-8,17-18H,2-4,9-16H2,1H3,(H,23,26)/t17-/m1/s1. The normalized spacial score (nSPS) is 22.5. The molecule has 1 aromatic rings. The number of nitrogens with zero attached hydrogens (tertiary/aromatic N) is 2. The first-order chi connectivity index (χ1) is 13.9. The summed E-state index contributed by atoms with van der Waals surface area (Å²) in [6, 6.07) is 4.87. The van der Waals surface area contributed by atoms with Gasteiger partial charge in [0, 0.05) is 32.1 Å². The molecule has 1 N–H and O–H groups in total. The van der Waals surface area contributed by atoms with E-state index in [1.54, 1.807) is 0 Å². The van der Waals surface area contributed by atoms with Crippen LogP contribution in [0.4, 0.5) is 4.39 Å². The summed E-state index contributed by atoms with van der Waals surface area (Å²) in [6.45, 7) is 6.88. The molecule has 29 heavy (non-hydrogen) atoms. The van der Waals surface area contributed by atoms with Crippen molar-refractivity contribution < 1.29 is 17.6 Å². The first-order valence-electron chi connectivity index (χ1n) is 10.6. The number of rotatable bonds is 7. The van der Waals surface area contributed by atoms with Gasteiger partial charge in [0.1, 0.15) is 5.82 Å². The van der Waals surface area contributed by atoms with Gasteiger partial charge in [-0.05, 0) is 75.4 Å². The fourth-order valence-corrected chi connectivity index (χ4v) is 5.73. The molecule has 0 aliphatic carbocycles. The van der Waals surface area contributed by atoms with Gasteiger partial charge in [-0.15, -0.1) is 0 Å². The Morgan fingerprint density at radius 2 is 1.83 bits per heavy atom. The van der Waals surface area contributed by atoms with E-state index in [0.29, 0.717) is 32.5 Å². The number of likely N-dealkylation sites (tertiary alicyclic amines) is 1. The second-order valence-corrected chi connectivity index (χ2v) is 10.3. The van der Waals surface area contributed by atoms with Crippen molar-refractivity contribution in [3.63, 3.8) is 0 Å². The lowest BCUT2D eigenvalue weighted by Gasteiger charge is -2.31. The van der Waals surface area contributed by atoms with E-state index in [9.17, 15) is 17.6 Å². The molecule has 3 rings (SSSR count). The van der Waals surface area contributed by atoms with Crippen LogP contribution in [-0.4, -0.2) is 62.8 Å². The summed E-state index contributed by atoms with van der Waals surface area (Å²) in [5.74, 6) is 0.171.